The standard InChI is InChI=1S/C7H13NO2/c1-2-3-4-5-7(10)8-6-9/h7,10H,2-5H2,1H3. The number of aliphatic hydroxyl groups excluding tert-OH is 1. The smallest absolute Gasteiger partial charge is 0.237 e. The maximum absolute atomic E-state index is 9.60. The van der Waals surface area contributed by atoms with Crippen molar-refractivity contribution in [2.45, 2.75) is 38.8 Å². The third-order valence-electron chi connectivity index (χ3n) is 1.27. The number of aliphatic hydroxyl groups is 1. The monoisotopic (exact) mass is 143 g/mol. The highest BCUT2D eigenvalue weighted by molar-refractivity contribution is 5.33. The van der Waals surface area contributed by atoms with E-state index in [1.807, 2.05) is 0 Å². The number of rotatable bonds is 5. The summed E-state index contributed by atoms with van der Waals surface area (Å²) in [7, 11) is 0. The lowest BCUT2D eigenvalue weighted by Crippen LogP contribution is -2.00. The number of unbranched alkanes of at least 4 members (excludes halogenated alkanes) is 2. The molecule has 0 aliphatic carbocycles. The highest BCUT2D eigenvalue weighted by atomic mass is 16.3. The van der Waals surface area contributed by atoms with Crippen molar-refractivity contribution < 1.29 is 9.90 Å². The van der Waals surface area contributed by atoms with Crippen molar-refractivity contribution >= 4 is 6.08 Å². The van der Waals surface area contributed by atoms with E-state index in [2.05, 4.69) is 11.9 Å². The molecule has 0 aliphatic rings. The van der Waals surface area contributed by atoms with Crippen LogP contribution in [-0.2, 0) is 4.79 Å². The quantitative estimate of drug-likeness (QED) is 0.357. The topological polar surface area (TPSA) is 49.7 Å². The van der Waals surface area contributed by atoms with Crippen LogP contribution >= 0.6 is 0 Å². The lowest BCUT2D eigenvalue weighted by atomic mass is 10.2. The molecule has 10 heavy (non-hydrogen) atoms. The van der Waals surface area contributed by atoms with Gasteiger partial charge >= 0.3 is 0 Å². The first-order valence-corrected chi connectivity index (χ1v) is 3.56. The van der Waals surface area contributed by atoms with Crippen LogP contribution in [0.2, 0.25) is 0 Å². The largest absolute Gasteiger partial charge is 0.371 e. The number of hydrogen-bond acceptors (Lipinski definition) is 3. The second-order valence-corrected chi connectivity index (χ2v) is 2.20. The van der Waals surface area contributed by atoms with Gasteiger partial charge in [0.1, 0.15) is 0 Å². The number of aliphatic imine (C=N–C) groups is 1. The fraction of sp³-hybridized carbons (Fsp3) is 0.857. The maximum Gasteiger partial charge on any atom is 0.237 e. The molecule has 0 bridgehead atoms. The molecule has 0 amide bonds. The minimum Gasteiger partial charge on any atom is -0.371 e. The van der Waals surface area contributed by atoms with Gasteiger partial charge in [0.15, 0.2) is 6.23 Å². The van der Waals surface area contributed by atoms with Gasteiger partial charge in [0, 0.05) is 0 Å². The molecule has 0 saturated carbocycles. The molecule has 0 aromatic rings. The molecule has 0 heterocycles. The first kappa shape index (κ1) is 9.34. The number of nitrogens with zero attached hydrogens (tertiary/aromatic N) is 1. The highest BCUT2D eigenvalue weighted by Crippen LogP contribution is 2.02. The minimum atomic E-state index is -0.830. The zero-order chi connectivity index (χ0) is 7.82. The molecule has 0 rings (SSSR count). The van der Waals surface area contributed by atoms with Crippen molar-refractivity contribution in [1.29, 1.82) is 0 Å². The zero-order valence-electron chi connectivity index (χ0n) is 6.21. The second kappa shape index (κ2) is 6.46. The van der Waals surface area contributed by atoms with Crippen molar-refractivity contribution in [2.24, 2.45) is 4.99 Å². The lowest BCUT2D eigenvalue weighted by Gasteiger charge is -1.99. The molecule has 0 radical (unpaired) electrons. The Morgan fingerprint density at radius 2 is 2.30 bits per heavy atom. The predicted molar refractivity (Wildman–Crippen MR) is 38.3 cm³/mol. The van der Waals surface area contributed by atoms with Crippen LogP contribution in [0.1, 0.15) is 32.6 Å². The van der Waals surface area contributed by atoms with E-state index in [-0.39, 0.29) is 0 Å². The van der Waals surface area contributed by atoms with Crippen LogP contribution in [0.4, 0.5) is 0 Å². The third kappa shape index (κ3) is 5.48. The van der Waals surface area contributed by atoms with Gasteiger partial charge in [-0.2, -0.15) is 4.99 Å². The van der Waals surface area contributed by atoms with Gasteiger partial charge in [-0.15, -0.1) is 0 Å². The molecule has 0 spiro atoms. The summed E-state index contributed by atoms with van der Waals surface area (Å²) in [6, 6.07) is 0. The van der Waals surface area contributed by atoms with Gasteiger partial charge in [0.25, 0.3) is 0 Å². The van der Waals surface area contributed by atoms with E-state index < -0.39 is 6.23 Å². The first-order valence-electron chi connectivity index (χ1n) is 3.56. The summed E-state index contributed by atoms with van der Waals surface area (Å²) in [4.78, 5) is 12.7. The number of carbonyl (C=O) groups excluding carboxylic acids is 1. The summed E-state index contributed by atoms with van der Waals surface area (Å²) in [5.74, 6) is 0. The van der Waals surface area contributed by atoms with Crippen molar-refractivity contribution in [3.8, 4) is 0 Å². The van der Waals surface area contributed by atoms with Crippen LogP contribution in [0.15, 0.2) is 4.99 Å². The molecule has 0 fully saturated rings. The fourth-order valence-corrected chi connectivity index (χ4v) is 0.702. The van der Waals surface area contributed by atoms with E-state index in [1.165, 1.54) is 6.08 Å². The second-order valence-electron chi connectivity index (χ2n) is 2.20. The highest BCUT2D eigenvalue weighted by Gasteiger charge is 1.97. The molecule has 0 saturated heterocycles. The Balaban J connectivity index is 3.21. The molecular formula is C7H13NO2. The number of hydrogen-bond donors (Lipinski definition) is 1. The first-order chi connectivity index (χ1) is 4.81. The van der Waals surface area contributed by atoms with Crippen molar-refractivity contribution in [3.05, 3.63) is 0 Å². The van der Waals surface area contributed by atoms with Gasteiger partial charge in [-0.25, -0.2) is 4.79 Å². The van der Waals surface area contributed by atoms with Crippen LogP contribution in [0.3, 0.4) is 0 Å². The predicted octanol–water partition coefficient (Wildman–Crippen LogP) is 1.22. The molecule has 1 unspecified atom stereocenters. The Bertz CT molecular complexity index is 119. The summed E-state index contributed by atoms with van der Waals surface area (Å²) in [5.41, 5.74) is 0. The van der Waals surface area contributed by atoms with Gasteiger partial charge in [0.2, 0.25) is 6.08 Å². The minimum absolute atomic E-state index is 0.572. The van der Waals surface area contributed by atoms with E-state index in [4.69, 9.17) is 5.11 Å². The fourth-order valence-electron chi connectivity index (χ4n) is 0.702. The van der Waals surface area contributed by atoms with Gasteiger partial charge < -0.3 is 5.11 Å². The average Bonchev–Trinajstić information content (AvgIpc) is 1.89. The van der Waals surface area contributed by atoms with Gasteiger partial charge in [0.05, 0.1) is 0 Å². The normalized spacial score (nSPS) is 12.2. The number of isocyanates is 1. The van der Waals surface area contributed by atoms with Crippen LogP contribution in [-0.4, -0.2) is 17.4 Å². The molecule has 3 nitrogen and oxygen atoms in total. The van der Waals surface area contributed by atoms with Gasteiger partial charge in [-0.05, 0) is 12.8 Å². The van der Waals surface area contributed by atoms with E-state index in [9.17, 15) is 4.79 Å². The molecule has 0 aromatic heterocycles. The summed E-state index contributed by atoms with van der Waals surface area (Å²) >= 11 is 0. The Morgan fingerprint density at radius 3 is 2.80 bits per heavy atom. The van der Waals surface area contributed by atoms with Crippen LogP contribution in [0.25, 0.3) is 0 Å². The molecule has 0 aromatic carbocycles. The van der Waals surface area contributed by atoms with Gasteiger partial charge in [-0.1, -0.05) is 19.8 Å². The molecule has 3 heteroatoms. The Morgan fingerprint density at radius 1 is 1.60 bits per heavy atom. The summed E-state index contributed by atoms with van der Waals surface area (Å²) < 4.78 is 0. The molecule has 1 atom stereocenters. The maximum atomic E-state index is 9.60. The van der Waals surface area contributed by atoms with Crippen molar-refractivity contribution in [1.82, 2.24) is 0 Å². The van der Waals surface area contributed by atoms with Crippen LogP contribution < -0.4 is 0 Å². The molecule has 1 N–H and O–H groups in total. The van der Waals surface area contributed by atoms with E-state index in [0.717, 1.165) is 19.3 Å². The van der Waals surface area contributed by atoms with Crippen LogP contribution in [0, 0.1) is 0 Å². The summed E-state index contributed by atoms with van der Waals surface area (Å²) in [5, 5.41) is 8.85. The van der Waals surface area contributed by atoms with Crippen LogP contribution in [0.5, 0.6) is 0 Å². The molecule has 0 aliphatic heterocycles. The Kier molecular flexibility index (Phi) is 6.03. The average molecular weight is 143 g/mol. The SMILES string of the molecule is CCCCCC(O)N=C=O. The third-order valence-corrected chi connectivity index (χ3v) is 1.27. The van der Waals surface area contributed by atoms with E-state index in [1.54, 1.807) is 0 Å². The zero-order valence-corrected chi connectivity index (χ0v) is 6.21. The van der Waals surface area contributed by atoms with E-state index >= 15 is 0 Å². The van der Waals surface area contributed by atoms with Gasteiger partial charge in [-0.3, -0.25) is 0 Å². The summed E-state index contributed by atoms with van der Waals surface area (Å²) in [6.45, 7) is 2.08. The Hall–Kier alpha value is -0.660. The van der Waals surface area contributed by atoms with Crippen molar-refractivity contribution in [2.75, 3.05) is 0 Å². The van der Waals surface area contributed by atoms with Crippen molar-refractivity contribution in [3.63, 3.8) is 0 Å². The molecular weight excluding hydrogens is 130 g/mol. The van der Waals surface area contributed by atoms with E-state index in [0.29, 0.717) is 6.42 Å². The Labute approximate surface area is 60.8 Å². The summed E-state index contributed by atoms with van der Waals surface area (Å²) in [6.07, 6.45) is 4.17. The lowest BCUT2D eigenvalue weighted by molar-refractivity contribution is 0.170. The molecule has 58 valence electrons.